The predicted molar refractivity (Wildman–Crippen MR) is 112 cm³/mol. The van der Waals surface area contributed by atoms with Crippen molar-refractivity contribution >= 4 is 17.8 Å². The third-order valence-corrected chi connectivity index (χ3v) is 4.46. The van der Waals surface area contributed by atoms with Crippen LogP contribution in [0.3, 0.4) is 0 Å². The molecule has 2 fully saturated rings. The quantitative estimate of drug-likeness (QED) is 0.457. The van der Waals surface area contributed by atoms with E-state index in [-0.39, 0.29) is 46.5 Å². The third kappa shape index (κ3) is 6.70. The van der Waals surface area contributed by atoms with Crippen molar-refractivity contribution in [1.29, 1.82) is 5.26 Å². The maximum atomic E-state index is 12.5. The molecule has 0 aromatic carbocycles. The molecule has 3 rings (SSSR count). The fourth-order valence-electron chi connectivity index (χ4n) is 3.22. The van der Waals surface area contributed by atoms with Crippen molar-refractivity contribution in [2.45, 2.75) is 27.7 Å². The van der Waals surface area contributed by atoms with E-state index in [1.54, 1.807) is 32.6 Å². The molecule has 7 nitrogen and oxygen atoms in total. The number of hydrogen-bond donors (Lipinski definition) is 0. The summed E-state index contributed by atoms with van der Waals surface area (Å²) in [5, 5.41) is 9.75. The van der Waals surface area contributed by atoms with E-state index in [2.05, 4.69) is 0 Å². The van der Waals surface area contributed by atoms with Gasteiger partial charge >= 0.3 is 23.0 Å². The van der Waals surface area contributed by atoms with Crippen LogP contribution in [0.15, 0.2) is 22.8 Å². The van der Waals surface area contributed by atoms with Gasteiger partial charge in [0.15, 0.2) is 0 Å². The molecule has 0 saturated heterocycles. The van der Waals surface area contributed by atoms with E-state index < -0.39 is 23.7 Å². The summed E-state index contributed by atoms with van der Waals surface area (Å²) < 4.78 is 10.7. The van der Waals surface area contributed by atoms with Crippen molar-refractivity contribution in [3.63, 3.8) is 0 Å². The Hall–Kier alpha value is -2.10. The van der Waals surface area contributed by atoms with Crippen LogP contribution in [-0.4, -0.2) is 29.3 Å². The molecule has 10 radical (unpaired) electrons. The van der Waals surface area contributed by atoms with Gasteiger partial charge in [-0.2, -0.15) is 5.26 Å². The van der Waals surface area contributed by atoms with Gasteiger partial charge in [-0.3, -0.25) is 9.59 Å². The van der Waals surface area contributed by atoms with Crippen LogP contribution in [0.5, 0.6) is 0 Å². The molecular weight excluding hydrogens is 452 g/mol. The summed E-state index contributed by atoms with van der Waals surface area (Å²) in [6, 6.07) is 2.00. The van der Waals surface area contributed by atoms with Gasteiger partial charge in [0.25, 0.3) is 0 Å². The van der Waals surface area contributed by atoms with Crippen LogP contribution in [0.25, 0.3) is 0 Å². The number of carbonyl (C=O) groups excluding carboxylic acids is 3. The topological polar surface area (TPSA) is 96.7 Å². The molecule has 0 bridgehead atoms. The summed E-state index contributed by atoms with van der Waals surface area (Å²) >= 11 is 0. The molecule has 32 heavy (non-hydrogen) atoms. The average Bonchev–Trinajstić information content (AvgIpc) is 3.43. The number of rotatable bonds is 4. The Balaban J connectivity index is 0.000000750. The first kappa shape index (κ1) is 27.9. The van der Waals surface area contributed by atoms with Crippen LogP contribution in [-0.2, 0) is 40.9 Å². The van der Waals surface area contributed by atoms with Gasteiger partial charge in [0.05, 0.1) is 17.8 Å². The largest absolute Gasteiger partial charge is 2.00 e. The van der Waals surface area contributed by atoms with E-state index in [1.807, 2.05) is 38.2 Å². The minimum absolute atomic E-state index is 0. The number of nitrogens with zero attached hydrogens (tertiary/aromatic N) is 2. The monoisotopic (exact) mass is 476 g/mol. The van der Waals surface area contributed by atoms with Gasteiger partial charge in [0, 0.05) is 19.8 Å². The van der Waals surface area contributed by atoms with Crippen LogP contribution in [0.2, 0.25) is 0 Å². The molecule has 1 heterocycles. The van der Waals surface area contributed by atoms with Crippen LogP contribution < -0.4 is 0 Å². The fourth-order valence-corrected chi connectivity index (χ4v) is 3.22. The minimum atomic E-state index is -0.793. The summed E-state index contributed by atoms with van der Waals surface area (Å²) in [5.74, 6) is -1.92. The van der Waals surface area contributed by atoms with Gasteiger partial charge in [-0.15, -0.1) is 0 Å². The molecule has 166 valence electrons. The van der Waals surface area contributed by atoms with E-state index in [9.17, 15) is 19.6 Å². The van der Waals surface area contributed by atoms with Crippen molar-refractivity contribution in [3.8, 4) is 6.07 Å². The standard InChI is InChI=1S/C19H19N2O5.C5H5.Fe/c1-5-25-19(24)16-11(2)26-18(21(12(3)22)13(4)23)15(10-20)17(16)14-8-6-7-9-14;1-2-4-5-3-1;/h6-9,17H,5H2,1-4H3;1-5H;/q;;+2. The van der Waals surface area contributed by atoms with Crippen molar-refractivity contribution in [3.05, 3.63) is 86.5 Å². The molecule has 2 saturated carbocycles. The second-order valence-electron chi connectivity index (χ2n) is 6.61. The fraction of sp³-hybridized carbons (Fsp3) is 0.250. The molecule has 0 aromatic heterocycles. The first-order chi connectivity index (χ1) is 14.8. The van der Waals surface area contributed by atoms with Gasteiger partial charge in [0.1, 0.15) is 11.8 Å². The van der Waals surface area contributed by atoms with Crippen molar-refractivity contribution in [1.82, 2.24) is 4.90 Å². The van der Waals surface area contributed by atoms with Gasteiger partial charge in [0.2, 0.25) is 17.7 Å². The zero-order valence-electron chi connectivity index (χ0n) is 18.3. The van der Waals surface area contributed by atoms with E-state index in [4.69, 9.17) is 9.47 Å². The summed E-state index contributed by atoms with van der Waals surface area (Å²) in [6.07, 6.45) is 17.0. The number of ether oxygens (including phenoxy) is 2. The Morgan fingerprint density at radius 1 is 1.03 bits per heavy atom. The Bertz CT molecular complexity index is 780. The maximum absolute atomic E-state index is 12.5. The maximum Gasteiger partial charge on any atom is 2.00 e. The van der Waals surface area contributed by atoms with Gasteiger partial charge in [-0.25, -0.2) is 9.69 Å². The van der Waals surface area contributed by atoms with Gasteiger partial charge < -0.3 is 9.47 Å². The predicted octanol–water partition coefficient (Wildman–Crippen LogP) is 3.02. The third-order valence-electron chi connectivity index (χ3n) is 4.46. The summed E-state index contributed by atoms with van der Waals surface area (Å²) in [7, 11) is 0. The summed E-state index contributed by atoms with van der Waals surface area (Å²) in [4.78, 5) is 37.1. The number of carbonyl (C=O) groups is 3. The van der Waals surface area contributed by atoms with Gasteiger partial charge in [-0.05, 0) is 77.6 Å². The Morgan fingerprint density at radius 2 is 1.53 bits per heavy atom. The summed E-state index contributed by atoms with van der Waals surface area (Å²) in [6.45, 7) is 5.77. The molecule has 1 unspecified atom stereocenters. The normalized spacial score (nSPS) is 20.4. The second kappa shape index (κ2) is 13.4. The molecule has 0 spiro atoms. The molecule has 8 heteroatoms. The minimum Gasteiger partial charge on any atom is -0.463 e. The Labute approximate surface area is 201 Å². The number of amides is 2. The molecule has 0 aromatic rings. The van der Waals surface area contributed by atoms with Crippen LogP contribution in [0, 0.1) is 81.0 Å². The van der Waals surface area contributed by atoms with Crippen LogP contribution in [0.1, 0.15) is 27.7 Å². The Morgan fingerprint density at radius 3 is 1.94 bits per heavy atom. The second-order valence-corrected chi connectivity index (χ2v) is 6.61. The van der Waals surface area contributed by atoms with E-state index in [1.165, 1.54) is 20.8 Å². The molecule has 1 aliphatic heterocycles. The van der Waals surface area contributed by atoms with Gasteiger partial charge in [-0.1, -0.05) is 0 Å². The van der Waals surface area contributed by atoms with Crippen molar-refractivity contribution in [2.75, 3.05) is 6.61 Å². The smallest absolute Gasteiger partial charge is 0.463 e. The first-order valence-corrected chi connectivity index (χ1v) is 9.72. The molecule has 1 atom stereocenters. The zero-order chi connectivity index (χ0) is 23.0. The first-order valence-electron chi connectivity index (χ1n) is 9.72. The molecule has 0 N–H and O–H groups in total. The van der Waals surface area contributed by atoms with E-state index >= 15 is 0 Å². The number of imide groups is 1. The molecule has 2 aliphatic carbocycles. The summed E-state index contributed by atoms with van der Waals surface area (Å²) in [5.41, 5.74) is 0.167. The van der Waals surface area contributed by atoms with Crippen molar-refractivity contribution < 1.29 is 40.9 Å². The zero-order valence-corrected chi connectivity index (χ0v) is 19.4. The number of nitriles is 1. The molecule has 3 aliphatic rings. The number of hydrogen-bond acceptors (Lipinski definition) is 6. The molecular formula is C24H24FeN2O5+2. The number of esters is 1. The van der Waals surface area contributed by atoms with Crippen LogP contribution >= 0.6 is 0 Å². The SMILES string of the molecule is CCOC(=O)C1=C(C)OC(N(C(C)=O)C(C)=O)=C(C#N)C1[C]1[CH][CH][CH][CH]1.[CH]1[CH][CH][CH][CH]1.[Fe+2]. The van der Waals surface area contributed by atoms with Crippen molar-refractivity contribution in [2.24, 2.45) is 5.92 Å². The average molecular weight is 476 g/mol. The molecule has 2 amide bonds. The Kier molecular flexibility index (Phi) is 11.7. The van der Waals surface area contributed by atoms with Crippen LogP contribution in [0.4, 0.5) is 0 Å². The number of allylic oxidation sites excluding steroid dienone is 2. The van der Waals surface area contributed by atoms with E-state index in [0.717, 1.165) is 4.90 Å². The van der Waals surface area contributed by atoms with E-state index in [0.29, 0.717) is 5.92 Å².